The van der Waals surface area contributed by atoms with Gasteiger partial charge in [0.25, 0.3) is 5.91 Å². The molecule has 25 heavy (non-hydrogen) atoms. The Kier molecular flexibility index (Phi) is 7.00. The average Bonchev–Trinajstić information content (AvgIpc) is 2.65. The van der Waals surface area contributed by atoms with E-state index in [2.05, 4.69) is 27.8 Å². The third-order valence-electron chi connectivity index (χ3n) is 3.63. The minimum Gasteiger partial charge on any atom is -0.497 e. The topological polar surface area (TPSA) is 85.4 Å². The first-order valence-corrected chi connectivity index (χ1v) is 8.29. The first kappa shape index (κ1) is 18.5. The number of hydrogen-bond acceptors (Lipinski definition) is 6. The Morgan fingerprint density at radius 2 is 1.92 bits per heavy atom. The summed E-state index contributed by atoms with van der Waals surface area (Å²) >= 11 is 0. The number of ether oxygens (including phenoxy) is 2. The summed E-state index contributed by atoms with van der Waals surface area (Å²) in [6.07, 6.45) is 3.17. The second-order valence-corrected chi connectivity index (χ2v) is 5.46. The maximum atomic E-state index is 12.0. The van der Waals surface area contributed by atoms with Gasteiger partial charge in [-0.15, -0.1) is 10.2 Å². The summed E-state index contributed by atoms with van der Waals surface area (Å²) in [7, 11) is 3.18. The highest BCUT2D eigenvalue weighted by atomic mass is 16.5. The van der Waals surface area contributed by atoms with Gasteiger partial charge in [-0.25, -0.2) is 0 Å². The standard InChI is InChI=1S/C18H24N4O3/c1-4-5-6-11-19-18(23)14-8-10-17(22-21-14)20-15-12-13(24-2)7-9-16(15)25-3/h7-10,12H,4-6,11H2,1-3H3,(H,19,23)(H,20,22). The van der Waals surface area contributed by atoms with Crippen molar-refractivity contribution in [1.82, 2.24) is 15.5 Å². The van der Waals surface area contributed by atoms with E-state index in [4.69, 9.17) is 9.47 Å². The number of nitrogens with one attached hydrogen (secondary N) is 2. The summed E-state index contributed by atoms with van der Waals surface area (Å²) in [6, 6.07) is 8.74. The van der Waals surface area contributed by atoms with Crippen LogP contribution in [0.2, 0.25) is 0 Å². The van der Waals surface area contributed by atoms with Gasteiger partial charge in [-0.05, 0) is 30.7 Å². The summed E-state index contributed by atoms with van der Waals surface area (Å²) in [6.45, 7) is 2.77. The molecule has 0 radical (unpaired) electrons. The zero-order chi connectivity index (χ0) is 18.1. The SMILES string of the molecule is CCCCCNC(=O)c1ccc(Nc2cc(OC)ccc2OC)nn1. The third-order valence-corrected chi connectivity index (χ3v) is 3.63. The zero-order valence-corrected chi connectivity index (χ0v) is 14.8. The lowest BCUT2D eigenvalue weighted by Gasteiger charge is -2.12. The Labute approximate surface area is 147 Å². The minimum absolute atomic E-state index is 0.214. The number of anilines is 2. The van der Waals surface area contributed by atoms with Crippen molar-refractivity contribution in [3.63, 3.8) is 0 Å². The van der Waals surface area contributed by atoms with Gasteiger partial charge >= 0.3 is 0 Å². The normalized spacial score (nSPS) is 10.2. The van der Waals surface area contributed by atoms with Gasteiger partial charge in [0.2, 0.25) is 0 Å². The molecule has 7 nitrogen and oxygen atoms in total. The number of aromatic nitrogens is 2. The molecule has 2 rings (SSSR count). The van der Waals surface area contributed by atoms with Crippen LogP contribution in [0.1, 0.15) is 36.7 Å². The van der Waals surface area contributed by atoms with E-state index in [0.29, 0.717) is 35.2 Å². The molecule has 1 amide bonds. The summed E-state index contributed by atoms with van der Waals surface area (Å²) < 4.78 is 10.5. The fourth-order valence-corrected chi connectivity index (χ4v) is 2.24. The lowest BCUT2D eigenvalue weighted by Crippen LogP contribution is -2.25. The van der Waals surface area contributed by atoms with Crippen molar-refractivity contribution in [1.29, 1.82) is 0 Å². The van der Waals surface area contributed by atoms with Crippen LogP contribution in [-0.4, -0.2) is 36.9 Å². The van der Waals surface area contributed by atoms with E-state index in [0.717, 1.165) is 19.3 Å². The van der Waals surface area contributed by atoms with E-state index < -0.39 is 0 Å². The van der Waals surface area contributed by atoms with Gasteiger partial charge in [0, 0.05) is 12.6 Å². The second kappa shape index (κ2) is 9.46. The lowest BCUT2D eigenvalue weighted by molar-refractivity contribution is 0.0947. The van der Waals surface area contributed by atoms with Gasteiger partial charge < -0.3 is 20.1 Å². The number of rotatable bonds is 9. The molecule has 1 heterocycles. The Balaban J connectivity index is 2.02. The maximum Gasteiger partial charge on any atom is 0.271 e. The Morgan fingerprint density at radius 1 is 1.08 bits per heavy atom. The fraction of sp³-hybridized carbons (Fsp3) is 0.389. The smallest absolute Gasteiger partial charge is 0.271 e. The number of carbonyl (C=O) groups excluding carboxylic acids is 1. The van der Waals surface area contributed by atoms with E-state index in [1.54, 1.807) is 38.5 Å². The number of hydrogen-bond donors (Lipinski definition) is 2. The molecule has 0 aliphatic heterocycles. The van der Waals surface area contributed by atoms with Crippen LogP contribution in [0.4, 0.5) is 11.5 Å². The quantitative estimate of drug-likeness (QED) is 0.680. The van der Waals surface area contributed by atoms with Crippen LogP contribution in [-0.2, 0) is 0 Å². The molecule has 0 spiro atoms. The Bertz CT molecular complexity index is 689. The monoisotopic (exact) mass is 344 g/mol. The molecular weight excluding hydrogens is 320 g/mol. The van der Waals surface area contributed by atoms with Gasteiger partial charge in [-0.3, -0.25) is 4.79 Å². The summed E-state index contributed by atoms with van der Waals surface area (Å²) in [5.74, 6) is 1.64. The molecule has 7 heteroatoms. The van der Waals surface area contributed by atoms with Crippen molar-refractivity contribution < 1.29 is 14.3 Å². The van der Waals surface area contributed by atoms with Gasteiger partial charge in [0.05, 0.1) is 19.9 Å². The molecular formula is C18H24N4O3. The van der Waals surface area contributed by atoms with Crippen molar-refractivity contribution in [3.8, 4) is 11.5 Å². The van der Waals surface area contributed by atoms with Crippen LogP contribution in [0.15, 0.2) is 30.3 Å². The van der Waals surface area contributed by atoms with E-state index in [1.165, 1.54) is 0 Å². The lowest BCUT2D eigenvalue weighted by atomic mass is 10.2. The van der Waals surface area contributed by atoms with Crippen LogP contribution in [0.5, 0.6) is 11.5 Å². The van der Waals surface area contributed by atoms with E-state index in [1.807, 2.05) is 6.07 Å². The average molecular weight is 344 g/mol. The molecule has 1 aromatic heterocycles. The van der Waals surface area contributed by atoms with Gasteiger partial charge in [0.1, 0.15) is 11.5 Å². The number of amides is 1. The molecule has 0 aliphatic rings. The molecule has 0 unspecified atom stereocenters. The minimum atomic E-state index is -0.214. The maximum absolute atomic E-state index is 12.0. The Morgan fingerprint density at radius 3 is 2.56 bits per heavy atom. The molecule has 2 aromatic rings. The van der Waals surface area contributed by atoms with Crippen molar-refractivity contribution in [2.24, 2.45) is 0 Å². The number of unbranched alkanes of at least 4 members (excludes halogenated alkanes) is 2. The van der Waals surface area contributed by atoms with Crippen LogP contribution in [0.3, 0.4) is 0 Å². The summed E-state index contributed by atoms with van der Waals surface area (Å²) in [4.78, 5) is 12.0. The van der Waals surface area contributed by atoms with Crippen LogP contribution in [0.25, 0.3) is 0 Å². The van der Waals surface area contributed by atoms with Crippen LogP contribution >= 0.6 is 0 Å². The summed E-state index contributed by atoms with van der Waals surface area (Å²) in [5.41, 5.74) is 0.993. The molecule has 0 atom stereocenters. The predicted molar refractivity (Wildman–Crippen MR) is 96.7 cm³/mol. The van der Waals surface area contributed by atoms with Crippen LogP contribution in [0, 0.1) is 0 Å². The van der Waals surface area contributed by atoms with Gasteiger partial charge in [0.15, 0.2) is 11.5 Å². The van der Waals surface area contributed by atoms with Crippen LogP contribution < -0.4 is 20.1 Å². The number of nitrogens with zero attached hydrogens (tertiary/aromatic N) is 2. The number of benzene rings is 1. The molecule has 0 aliphatic carbocycles. The first-order valence-electron chi connectivity index (χ1n) is 8.29. The Hall–Kier alpha value is -2.83. The van der Waals surface area contributed by atoms with Crippen molar-refractivity contribution in [2.45, 2.75) is 26.2 Å². The van der Waals surface area contributed by atoms with E-state index in [-0.39, 0.29) is 5.91 Å². The molecule has 0 fully saturated rings. The second-order valence-electron chi connectivity index (χ2n) is 5.46. The summed E-state index contributed by atoms with van der Waals surface area (Å²) in [5, 5.41) is 14.0. The zero-order valence-electron chi connectivity index (χ0n) is 14.8. The van der Waals surface area contributed by atoms with Crippen molar-refractivity contribution >= 4 is 17.4 Å². The molecule has 0 saturated carbocycles. The fourth-order valence-electron chi connectivity index (χ4n) is 2.24. The predicted octanol–water partition coefficient (Wildman–Crippen LogP) is 3.16. The highest BCUT2D eigenvalue weighted by Crippen LogP contribution is 2.30. The largest absolute Gasteiger partial charge is 0.497 e. The highest BCUT2D eigenvalue weighted by molar-refractivity contribution is 5.92. The number of methoxy groups -OCH3 is 2. The third kappa shape index (κ3) is 5.34. The number of carbonyl (C=O) groups is 1. The first-order chi connectivity index (χ1) is 12.2. The van der Waals surface area contributed by atoms with E-state index in [9.17, 15) is 4.79 Å². The van der Waals surface area contributed by atoms with Crippen molar-refractivity contribution in [3.05, 3.63) is 36.0 Å². The van der Waals surface area contributed by atoms with Crippen molar-refractivity contribution in [2.75, 3.05) is 26.1 Å². The molecule has 0 bridgehead atoms. The molecule has 134 valence electrons. The molecule has 0 saturated heterocycles. The van der Waals surface area contributed by atoms with E-state index >= 15 is 0 Å². The highest BCUT2D eigenvalue weighted by Gasteiger charge is 2.09. The van der Waals surface area contributed by atoms with Gasteiger partial charge in [-0.1, -0.05) is 19.8 Å². The molecule has 2 N–H and O–H groups in total. The molecule has 1 aromatic carbocycles. The van der Waals surface area contributed by atoms with Gasteiger partial charge in [-0.2, -0.15) is 0 Å².